The molecule has 0 saturated heterocycles. The second-order valence-electron chi connectivity index (χ2n) is 8.99. The zero-order valence-electron chi connectivity index (χ0n) is 20.0. The maximum Gasteiger partial charge on any atom is 0.278 e. The van der Waals surface area contributed by atoms with Gasteiger partial charge in [0, 0.05) is 32.0 Å². The SMILES string of the molecule is CCCCOCCCN1C(=O)C(c2ccc(C)c(C)c2)=C(N2CCCc3ccccc32)C1=O. The van der Waals surface area contributed by atoms with Crippen LogP contribution in [0.4, 0.5) is 5.69 Å². The van der Waals surface area contributed by atoms with Crippen molar-refractivity contribution in [2.75, 3.05) is 31.2 Å². The van der Waals surface area contributed by atoms with Crippen LogP contribution in [0.1, 0.15) is 54.9 Å². The number of amides is 2. The molecule has 0 spiro atoms. The van der Waals surface area contributed by atoms with Gasteiger partial charge in [0.25, 0.3) is 11.8 Å². The molecule has 2 amide bonds. The molecule has 0 atom stereocenters. The minimum atomic E-state index is -0.199. The van der Waals surface area contributed by atoms with Crippen molar-refractivity contribution in [3.63, 3.8) is 0 Å². The number of benzene rings is 2. The molecule has 0 aromatic heterocycles. The maximum absolute atomic E-state index is 13.7. The fourth-order valence-electron chi connectivity index (χ4n) is 4.61. The molecule has 4 rings (SSSR count). The molecule has 33 heavy (non-hydrogen) atoms. The Kier molecular flexibility index (Phi) is 7.29. The molecule has 2 aromatic rings. The lowest BCUT2D eigenvalue weighted by molar-refractivity contribution is -0.137. The van der Waals surface area contributed by atoms with Crippen LogP contribution in [0.15, 0.2) is 48.2 Å². The Morgan fingerprint density at radius 3 is 2.52 bits per heavy atom. The number of unbranched alkanes of at least 4 members (excludes halogenated alkanes) is 1. The highest BCUT2D eigenvalue weighted by Crippen LogP contribution is 2.38. The van der Waals surface area contributed by atoms with Crippen LogP contribution in [0.5, 0.6) is 0 Å². The number of para-hydroxylation sites is 1. The van der Waals surface area contributed by atoms with Crippen molar-refractivity contribution in [3.05, 3.63) is 70.4 Å². The third kappa shape index (κ3) is 4.74. The van der Waals surface area contributed by atoms with Gasteiger partial charge in [0.1, 0.15) is 5.70 Å². The normalized spacial score (nSPS) is 16.1. The van der Waals surface area contributed by atoms with E-state index in [0.29, 0.717) is 30.8 Å². The Balaban J connectivity index is 1.68. The Morgan fingerprint density at radius 2 is 1.73 bits per heavy atom. The number of imide groups is 1. The molecule has 174 valence electrons. The minimum absolute atomic E-state index is 0.196. The van der Waals surface area contributed by atoms with Crippen LogP contribution in [-0.2, 0) is 20.7 Å². The second kappa shape index (κ2) is 10.3. The Morgan fingerprint density at radius 1 is 0.939 bits per heavy atom. The Labute approximate surface area is 197 Å². The van der Waals surface area contributed by atoms with Crippen LogP contribution >= 0.6 is 0 Å². The molecule has 0 N–H and O–H groups in total. The van der Waals surface area contributed by atoms with E-state index in [0.717, 1.165) is 55.6 Å². The number of fused-ring (bicyclic) bond motifs is 1. The van der Waals surface area contributed by atoms with Crippen molar-refractivity contribution in [2.45, 2.75) is 52.9 Å². The van der Waals surface area contributed by atoms with Crippen molar-refractivity contribution >= 4 is 23.1 Å². The second-order valence-corrected chi connectivity index (χ2v) is 8.99. The number of carbonyl (C=O) groups excluding carboxylic acids is 2. The maximum atomic E-state index is 13.7. The van der Waals surface area contributed by atoms with E-state index >= 15 is 0 Å². The van der Waals surface area contributed by atoms with Crippen molar-refractivity contribution < 1.29 is 14.3 Å². The van der Waals surface area contributed by atoms with Gasteiger partial charge in [0.05, 0.1) is 5.57 Å². The standard InChI is InChI=1S/C28H34N2O3/c1-4-5-17-33-18-9-16-30-27(31)25(23-14-13-20(2)21(3)19-23)26(28(30)32)29-15-8-11-22-10-6-7-12-24(22)29/h6-7,10,12-14,19H,4-5,8-9,11,15-18H2,1-3H3. The summed E-state index contributed by atoms with van der Waals surface area (Å²) in [5.74, 6) is -0.395. The predicted octanol–water partition coefficient (Wildman–Crippen LogP) is 5.04. The lowest BCUT2D eigenvalue weighted by atomic mass is 9.97. The number of nitrogens with zero attached hydrogens (tertiary/aromatic N) is 2. The van der Waals surface area contributed by atoms with Crippen LogP contribution in [0.2, 0.25) is 0 Å². The molecule has 2 heterocycles. The first-order valence-electron chi connectivity index (χ1n) is 12.1. The van der Waals surface area contributed by atoms with Crippen LogP contribution in [0.3, 0.4) is 0 Å². The molecule has 2 aliphatic heterocycles. The van der Waals surface area contributed by atoms with Gasteiger partial charge < -0.3 is 9.64 Å². The summed E-state index contributed by atoms with van der Waals surface area (Å²) in [6, 6.07) is 14.2. The first kappa shape index (κ1) is 23.2. The van der Waals surface area contributed by atoms with Crippen molar-refractivity contribution in [2.24, 2.45) is 0 Å². The molecule has 0 radical (unpaired) electrons. The first-order chi connectivity index (χ1) is 16.0. The van der Waals surface area contributed by atoms with Gasteiger partial charge >= 0.3 is 0 Å². The van der Waals surface area contributed by atoms with Crippen LogP contribution < -0.4 is 4.90 Å². The highest BCUT2D eigenvalue weighted by atomic mass is 16.5. The third-order valence-electron chi connectivity index (χ3n) is 6.63. The van der Waals surface area contributed by atoms with Gasteiger partial charge in [-0.2, -0.15) is 0 Å². The number of carbonyl (C=O) groups is 2. The number of anilines is 1. The van der Waals surface area contributed by atoms with Gasteiger partial charge in [-0.3, -0.25) is 14.5 Å². The summed E-state index contributed by atoms with van der Waals surface area (Å²) in [5.41, 5.74) is 6.39. The van der Waals surface area contributed by atoms with E-state index in [2.05, 4.69) is 30.9 Å². The van der Waals surface area contributed by atoms with E-state index in [1.54, 1.807) is 0 Å². The minimum Gasteiger partial charge on any atom is -0.381 e. The zero-order chi connectivity index (χ0) is 23.4. The van der Waals surface area contributed by atoms with Crippen LogP contribution in [0.25, 0.3) is 5.57 Å². The van der Waals surface area contributed by atoms with E-state index in [1.165, 1.54) is 16.0 Å². The largest absolute Gasteiger partial charge is 0.381 e. The average Bonchev–Trinajstić information content (AvgIpc) is 3.07. The van der Waals surface area contributed by atoms with Gasteiger partial charge in [-0.15, -0.1) is 0 Å². The molecule has 0 bridgehead atoms. The van der Waals surface area contributed by atoms with Crippen LogP contribution in [-0.4, -0.2) is 43.0 Å². The van der Waals surface area contributed by atoms with E-state index < -0.39 is 0 Å². The molecule has 5 heteroatoms. The Bertz CT molecular complexity index is 1070. The van der Waals surface area contributed by atoms with E-state index in [9.17, 15) is 9.59 Å². The molecule has 0 fully saturated rings. The van der Waals surface area contributed by atoms with Gasteiger partial charge in [0.15, 0.2) is 0 Å². The first-order valence-corrected chi connectivity index (χ1v) is 12.1. The van der Waals surface area contributed by atoms with Crippen molar-refractivity contribution in [1.29, 1.82) is 0 Å². The monoisotopic (exact) mass is 446 g/mol. The third-order valence-corrected chi connectivity index (χ3v) is 6.63. The number of rotatable bonds is 9. The van der Waals surface area contributed by atoms with E-state index in [-0.39, 0.29) is 11.8 Å². The topological polar surface area (TPSA) is 49.9 Å². The molecule has 0 saturated carbocycles. The summed E-state index contributed by atoms with van der Waals surface area (Å²) >= 11 is 0. The van der Waals surface area contributed by atoms with Crippen molar-refractivity contribution in [1.82, 2.24) is 4.90 Å². The highest BCUT2D eigenvalue weighted by molar-refractivity contribution is 6.36. The zero-order valence-corrected chi connectivity index (χ0v) is 20.0. The number of hydrogen-bond donors (Lipinski definition) is 0. The lowest BCUT2D eigenvalue weighted by Crippen LogP contribution is -2.37. The van der Waals surface area contributed by atoms with E-state index in [1.807, 2.05) is 37.3 Å². The highest BCUT2D eigenvalue weighted by Gasteiger charge is 2.42. The summed E-state index contributed by atoms with van der Waals surface area (Å²) in [5, 5.41) is 0. The molecule has 2 aliphatic rings. The van der Waals surface area contributed by atoms with Gasteiger partial charge in [-0.05, 0) is 67.9 Å². The van der Waals surface area contributed by atoms with Crippen molar-refractivity contribution in [3.8, 4) is 0 Å². The fourth-order valence-corrected chi connectivity index (χ4v) is 4.61. The summed E-state index contributed by atoms with van der Waals surface area (Å²) < 4.78 is 5.66. The molecule has 0 unspecified atom stereocenters. The summed E-state index contributed by atoms with van der Waals surface area (Å²) in [6.45, 7) is 8.61. The molecular formula is C28H34N2O3. The summed E-state index contributed by atoms with van der Waals surface area (Å²) in [4.78, 5) is 30.8. The summed E-state index contributed by atoms with van der Waals surface area (Å²) in [6.07, 6.45) is 4.70. The lowest BCUT2D eigenvalue weighted by Gasteiger charge is -2.32. The van der Waals surface area contributed by atoms with Crippen LogP contribution in [0, 0.1) is 13.8 Å². The number of ether oxygens (including phenoxy) is 1. The smallest absolute Gasteiger partial charge is 0.278 e. The van der Waals surface area contributed by atoms with Gasteiger partial charge in [0.2, 0.25) is 0 Å². The number of hydrogen-bond acceptors (Lipinski definition) is 4. The quantitative estimate of drug-likeness (QED) is 0.400. The molecule has 2 aromatic carbocycles. The molecular weight excluding hydrogens is 412 g/mol. The molecule has 5 nitrogen and oxygen atoms in total. The van der Waals surface area contributed by atoms with E-state index in [4.69, 9.17) is 4.74 Å². The average molecular weight is 447 g/mol. The fraction of sp³-hybridized carbons (Fsp3) is 0.429. The molecule has 0 aliphatic carbocycles. The number of aryl methyl sites for hydroxylation is 3. The van der Waals surface area contributed by atoms with Gasteiger partial charge in [-0.1, -0.05) is 49.7 Å². The van der Waals surface area contributed by atoms with Gasteiger partial charge in [-0.25, -0.2) is 0 Å². The Hall–Kier alpha value is -2.92. The predicted molar refractivity (Wildman–Crippen MR) is 132 cm³/mol. The summed E-state index contributed by atoms with van der Waals surface area (Å²) in [7, 11) is 0.